The number of thiazole rings is 1. The summed E-state index contributed by atoms with van der Waals surface area (Å²) in [5.74, 6) is 0. The van der Waals surface area contributed by atoms with Crippen LogP contribution < -0.4 is 0 Å². The topological polar surface area (TPSA) is 25.8 Å². The predicted octanol–water partition coefficient (Wildman–Crippen LogP) is 5.42. The van der Waals surface area contributed by atoms with Crippen LogP contribution in [0.3, 0.4) is 0 Å². The van der Waals surface area contributed by atoms with Crippen molar-refractivity contribution in [2.45, 2.75) is 26.2 Å². The molecule has 0 bridgehead atoms. The quantitative estimate of drug-likeness (QED) is 0.550. The summed E-state index contributed by atoms with van der Waals surface area (Å²) in [5.41, 5.74) is 3.62. The largest absolute Gasteiger partial charge is 0.249 e. The third-order valence-corrected chi connectivity index (χ3v) is 4.77. The Morgan fingerprint density at radius 1 is 1.10 bits per heavy atom. The highest BCUT2D eigenvalue weighted by Crippen LogP contribution is 2.33. The normalized spacial score (nSPS) is 12.0. The lowest BCUT2D eigenvalue weighted by atomic mass is 9.87. The van der Waals surface area contributed by atoms with Crippen LogP contribution in [0.4, 0.5) is 0 Å². The van der Waals surface area contributed by atoms with Crippen LogP contribution in [0.15, 0.2) is 41.1 Å². The molecule has 20 heavy (non-hydrogen) atoms. The Labute approximate surface area is 131 Å². The smallest absolute Gasteiger partial charge is 0.126 e. The summed E-state index contributed by atoms with van der Waals surface area (Å²) < 4.78 is 2.08. The molecule has 0 aliphatic rings. The number of halogens is 1. The van der Waals surface area contributed by atoms with Gasteiger partial charge in [-0.05, 0) is 51.2 Å². The van der Waals surface area contributed by atoms with Gasteiger partial charge in [0.15, 0.2) is 0 Å². The fourth-order valence-corrected chi connectivity index (χ4v) is 3.25. The molecule has 2 nitrogen and oxygen atoms in total. The molecule has 0 unspecified atom stereocenters. The van der Waals surface area contributed by atoms with Gasteiger partial charge >= 0.3 is 0 Å². The zero-order valence-electron chi connectivity index (χ0n) is 11.6. The molecule has 0 aliphatic carbocycles. The van der Waals surface area contributed by atoms with E-state index in [9.17, 15) is 0 Å². The van der Waals surface area contributed by atoms with E-state index >= 15 is 0 Å². The summed E-state index contributed by atoms with van der Waals surface area (Å²) in [6.07, 6.45) is 1.85. The van der Waals surface area contributed by atoms with Crippen molar-refractivity contribution >= 4 is 37.5 Å². The Balaban J connectivity index is 2.09. The van der Waals surface area contributed by atoms with Gasteiger partial charge in [-0.25, -0.2) is 9.97 Å². The van der Waals surface area contributed by atoms with Crippen LogP contribution in [-0.4, -0.2) is 9.97 Å². The number of hydrogen-bond donors (Lipinski definition) is 0. The SMILES string of the molecule is CC(C)(C)c1ccc2nc(-c3ccc(Br)nc3)sc2c1. The number of rotatable bonds is 1. The lowest BCUT2D eigenvalue weighted by molar-refractivity contribution is 0.591. The van der Waals surface area contributed by atoms with Crippen LogP contribution in [0.25, 0.3) is 20.8 Å². The average molecular weight is 347 g/mol. The molecule has 3 aromatic rings. The number of nitrogens with zero attached hydrogens (tertiary/aromatic N) is 2. The Morgan fingerprint density at radius 2 is 1.90 bits per heavy atom. The summed E-state index contributed by atoms with van der Waals surface area (Å²) in [4.78, 5) is 8.96. The number of fused-ring (bicyclic) bond motifs is 1. The van der Waals surface area contributed by atoms with Gasteiger partial charge in [0.2, 0.25) is 0 Å². The average Bonchev–Trinajstić information content (AvgIpc) is 2.81. The van der Waals surface area contributed by atoms with Gasteiger partial charge in [-0.3, -0.25) is 0 Å². The third-order valence-electron chi connectivity index (χ3n) is 3.23. The van der Waals surface area contributed by atoms with Crippen molar-refractivity contribution in [2.75, 3.05) is 0 Å². The maximum absolute atomic E-state index is 4.70. The number of aromatic nitrogens is 2. The molecular weight excluding hydrogens is 332 g/mol. The van der Waals surface area contributed by atoms with E-state index in [-0.39, 0.29) is 5.41 Å². The van der Waals surface area contributed by atoms with E-state index in [4.69, 9.17) is 4.98 Å². The molecule has 3 rings (SSSR count). The number of pyridine rings is 1. The van der Waals surface area contributed by atoms with Crippen molar-refractivity contribution in [1.82, 2.24) is 9.97 Å². The Kier molecular flexibility index (Phi) is 3.38. The molecule has 2 aromatic heterocycles. The fourth-order valence-electron chi connectivity index (χ4n) is 2.02. The maximum Gasteiger partial charge on any atom is 0.126 e. The molecule has 0 aliphatic heterocycles. The van der Waals surface area contributed by atoms with Gasteiger partial charge in [-0.2, -0.15) is 0 Å². The highest BCUT2D eigenvalue weighted by Gasteiger charge is 2.15. The van der Waals surface area contributed by atoms with E-state index in [0.717, 1.165) is 20.7 Å². The highest BCUT2D eigenvalue weighted by atomic mass is 79.9. The Morgan fingerprint density at radius 3 is 2.55 bits per heavy atom. The van der Waals surface area contributed by atoms with Crippen LogP contribution in [0.5, 0.6) is 0 Å². The van der Waals surface area contributed by atoms with E-state index in [2.05, 4.69) is 59.9 Å². The van der Waals surface area contributed by atoms with Crippen molar-refractivity contribution in [2.24, 2.45) is 0 Å². The van der Waals surface area contributed by atoms with Gasteiger partial charge in [0, 0.05) is 11.8 Å². The first-order valence-corrected chi connectivity index (χ1v) is 8.07. The van der Waals surface area contributed by atoms with Gasteiger partial charge < -0.3 is 0 Å². The van der Waals surface area contributed by atoms with Gasteiger partial charge in [0.25, 0.3) is 0 Å². The van der Waals surface area contributed by atoms with Gasteiger partial charge in [0.05, 0.1) is 10.2 Å². The summed E-state index contributed by atoms with van der Waals surface area (Å²) in [7, 11) is 0. The zero-order valence-corrected chi connectivity index (χ0v) is 14.0. The van der Waals surface area contributed by atoms with Gasteiger partial charge in [-0.15, -0.1) is 11.3 Å². The molecule has 0 radical (unpaired) electrons. The molecule has 2 heterocycles. The van der Waals surface area contributed by atoms with Crippen molar-refractivity contribution in [3.8, 4) is 10.6 Å². The second-order valence-electron chi connectivity index (χ2n) is 5.82. The standard InChI is InChI=1S/C16H15BrN2S/c1-16(2,3)11-5-6-12-13(8-11)20-15(19-12)10-4-7-14(17)18-9-10/h4-9H,1-3H3. The van der Waals surface area contributed by atoms with Crippen molar-refractivity contribution in [3.63, 3.8) is 0 Å². The minimum atomic E-state index is 0.164. The lowest BCUT2D eigenvalue weighted by Gasteiger charge is -2.18. The second kappa shape index (κ2) is 4.93. The number of benzene rings is 1. The van der Waals surface area contributed by atoms with Crippen molar-refractivity contribution in [1.29, 1.82) is 0 Å². The molecule has 4 heteroatoms. The first kappa shape index (κ1) is 13.7. The lowest BCUT2D eigenvalue weighted by Crippen LogP contribution is -2.10. The highest BCUT2D eigenvalue weighted by molar-refractivity contribution is 9.10. The molecule has 0 atom stereocenters. The monoisotopic (exact) mass is 346 g/mol. The molecule has 1 aromatic carbocycles. The molecule has 0 saturated heterocycles. The van der Waals surface area contributed by atoms with E-state index < -0.39 is 0 Å². The first-order chi connectivity index (χ1) is 9.43. The molecule has 0 N–H and O–H groups in total. The maximum atomic E-state index is 4.70. The van der Waals surface area contributed by atoms with Crippen LogP contribution in [0.1, 0.15) is 26.3 Å². The minimum Gasteiger partial charge on any atom is -0.249 e. The predicted molar refractivity (Wildman–Crippen MR) is 89.3 cm³/mol. The van der Waals surface area contributed by atoms with E-state index in [1.54, 1.807) is 11.3 Å². The molecule has 0 fully saturated rings. The van der Waals surface area contributed by atoms with E-state index in [1.165, 1.54) is 10.3 Å². The summed E-state index contributed by atoms with van der Waals surface area (Å²) in [6.45, 7) is 6.69. The van der Waals surface area contributed by atoms with Crippen LogP contribution >= 0.6 is 27.3 Å². The Hall–Kier alpha value is -1.26. The summed E-state index contributed by atoms with van der Waals surface area (Å²) in [6, 6.07) is 10.5. The number of hydrogen-bond acceptors (Lipinski definition) is 3. The molecule has 102 valence electrons. The van der Waals surface area contributed by atoms with Crippen LogP contribution in [0, 0.1) is 0 Å². The van der Waals surface area contributed by atoms with E-state index in [0.29, 0.717) is 0 Å². The third kappa shape index (κ3) is 2.63. The van der Waals surface area contributed by atoms with Crippen LogP contribution in [-0.2, 0) is 5.41 Å². The summed E-state index contributed by atoms with van der Waals surface area (Å²) >= 11 is 5.08. The zero-order chi connectivity index (χ0) is 14.3. The van der Waals surface area contributed by atoms with Crippen molar-refractivity contribution in [3.05, 3.63) is 46.7 Å². The first-order valence-electron chi connectivity index (χ1n) is 6.46. The second-order valence-corrected chi connectivity index (χ2v) is 7.66. The molecular formula is C16H15BrN2S. The van der Waals surface area contributed by atoms with E-state index in [1.807, 2.05) is 18.3 Å². The summed E-state index contributed by atoms with van der Waals surface area (Å²) in [5, 5.41) is 1.02. The van der Waals surface area contributed by atoms with Crippen LogP contribution in [0.2, 0.25) is 0 Å². The minimum absolute atomic E-state index is 0.164. The molecule has 0 amide bonds. The molecule has 0 saturated carbocycles. The Bertz CT molecular complexity index is 754. The fraction of sp³-hybridized carbons (Fsp3) is 0.250. The van der Waals surface area contributed by atoms with Gasteiger partial charge in [-0.1, -0.05) is 26.8 Å². The van der Waals surface area contributed by atoms with Gasteiger partial charge in [0.1, 0.15) is 9.61 Å². The molecule has 0 spiro atoms. The van der Waals surface area contributed by atoms with Crippen molar-refractivity contribution < 1.29 is 0 Å².